The van der Waals surface area contributed by atoms with Gasteiger partial charge in [-0.25, -0.2) is 4.39 Å². The average Bonchev–Trinajstić information content (AvgIpc) is 2.36. The summed E-state index contributed by atoms with van der Waals surface area (Å²) in [5.74, 6) is -0.498. The second-order valence-electron chi connectivity index (χ2n) is 3.73. The number of hydrogen-bond donors (Lipinski definition) is 0. The molecular formula is C13H8ClFN2O. The predicted molar refractivity (Wildman–Crippen MR) is 65.9 cm³/mol. The first kappa shape index (κ1) is 12.3. The van der Waals surface area contributed by atoms with Gasteiger partial charge in [0.25, 0.3) is 5.56 Å². The molecule has 0 aliphatic carbocycles. The Morgan fingerprint density at radius 1 is 1.33 bits per heavy atom. The number of hydrogen-bond acceptors (Lipinski definition) is 2. The van der Waals surface area contributed by atoms with Crippen LogP contribution in [0.5, 0.6) is 0 Å². The van der Waals surface area contributed by atoms with E-state index in [2.05, 4.69) is 0 Å². The summed E-state index contributed by atoms with van der Waals surface area (Å²) in [6.07, 6.45) is 1.11. The Balaban J connectivity index is 2.43. The quantitative estimate of drug-likeness (QED) is 0.835. The van der Waals surface area contributed by atoms with Crippen molar-refractivity contribution < 1.29 is 4.39 Å². The minimum atomic E-state index is -0.498. The molecule has 3 nitrogen and oxygen atoms in total. The zero-order valence-electron chi connectivity index (χ0n) is 9.23. The van der Waals surface area contributed by atoms with Gasteiger partial charge in [-0.1, -0.05) is 17.7 Å². The fraction of sp³-hybridized carbons (Fsp3) is 0.0769. The van der Waals surface area contributed by atoms with E-state index < -0.39 is 5.82 Å². The lowest BCUT2D eigenvalue weighted by Gasteiger charge is -2.07. The number of halogens is 2. The van der Waals surface area contributed by atoms with Gasteiger partial charge in [0.2, 0.25) is 0 Å². The molecule has 0 saturated carbocycles. The number of pyridine rings is 1. The fourth-order valence-electron chi connectivity index (χ4n) is 1.60. The summed E-state index contributed by atoms with van der Waals surface area (Å²) >= 11 is 5.78. The highest BCUT2D eigenvalue weighted by Crippen LogP contribution is 2.16. The van der Waals surface area contributed by atoms with Gasteiger partial charge in [0.15, 0.2) is 0 Å². The zero-order valence-corrected chi connectivity index (χ0v) is 9.99. The van der Waals surface area contributed by atoms with Crippen molar-refractivity contribution in [2.45, 2.75) is 6.54 Å². The normalized spacial score (nSPS) is 10.1. The van der Waals surface area contributed by atoms with Crippen LogP contribution in [0.15, 0.2) is 41.3 Å². The van der Waals surface area contributed by atoms with Gasteiger partial charge in [-0.05, 0) is 23.8 Å². The van der Waals surface area contributed by atoms with Crippen LogP contribution in [-0.4, -0.2) is 4.57 Å². The Morgan fingerprint density at radius 2 is 2.11 bits per heavy atom. The number of nitriles is 1. The zero-order chi connectivity index (χ0) is 13.1. The molecule has 0 radical (unpaired) electrons. The second kappa shape index (κ2) is 5.03. The van der Waals surface area contributed by atoms with Crippen LogP contribution in [0.25, 0.3) is 0 Å². The lowest BCUT2D eigenvalue weighted by molar-refractivity contribution is 0.595. The van der Waals surface area contributed by atoms with E-state index in [1.165, 1.54) is 10.6 Å². The Kier molecular flexibility index (Phi) is 3.45. The summed E-state index contributed by atoms with van der Waals surface area (Å²) in [4.78, 5) is 11.5. The molecule has 1 aromatic carbocycles. The summed E-state index contributed by atoms with van der Waals surface area (Å²) in [5, 5.41) is 9.42. The number of benzene rings is 1. The van der Waals surface area contributed by atoms with E-state index in [0.29, 0.717) is 16.1 Å². The lowest BCUT2D eigenvalue weighted by atomic mass is 10.1. The molecule has 90 valence electrons. The molecule has 0 saturated heterocycles. The van der Waals surface area contributed by atoms with Gasteiger partial charge in [-0.2, -0.15) is 5.26 Å². The Morgan fingerprint density at radius 3 is 2.83 bits per heavy atom. The third-order valence-corrected chi connectivity index (χ3v) is 2.72. The Labute approximate surface area is 108 Å². The van der Waals surface area contributed by atoms with Gasteiger partial charge in [0, 0.05) is 17.3 Å². The van der Waals surface area contributed by atoms with Crippen LogP contribution in [0.1, 0.15) is 11.1 Å². The van der Waals surface area contributed by atoms with Crippen molar-refractivity contribution in [1.82, 2.24) is 4.57 Å². The van der Waals surface area contributed by atoms with Crippen LogP contribution < -0.4 is 5.56 Å². The van der Waals surface area contributed by atoms with Crippen molar-refractivity contribution in [3.8, 4) is 6.07 Å². The SMILES string of the molecule is N#Cc1cc(Cl)ccc1Cn1cc(F)ccc1=O. The summed E-state index contributed by atoms with van der Waals surface area (Å²) < 4.78 is 14.3. The van der Waals surface area contributed by atoms with Crippen LogP contribution in [0.4, 0.5) is 4.39 Å². The summed E-state index contributed by atoms with van der Waals surface area (Å²) in [6.45, 7) is 0.136. The summed E-state index contributed by atoms with van der Waals surface area (Å²) in [7, 11) is 0. The maximum absolute atomic E-state index is 13.1. The first-order valence-corrected chi connectivity index (χ1v) is 5.52. The molecule has 5 heteroatoms. The molecule has 0 amide bonds. The van der Waals surface area contributed by atoms with Gasteiger partial charge in [0.1, 0.15) is 5.82 Å². The van der Waals surface area contributed by atoms with Gasteiger partial charge >= 0.3 is 0 Å². The van der Waals surface area contributed by atoms with Crippen LogP contribution in [-0.2, 0) is 6.54 Å². The smallest absolute Gasteiger partial charge is 0.251 e. The predicted octanol–water partition coefficient (Wildman–Crippen LogP) is 2.56. The molecule has 2 aromatic rings. The van der Waals surface area contributed by atoms with Crippen molar-refractivity contribution in [2.24, 2.45) is 0 Å². The number of nitrogens with zero attached hydrogens (tertiary/aromatic N) is 2. The van der Waals surface area contributed by atoms with E-state index in [-0.39, 0.29) is 12.1 Å². The molecule has 0 fully saturated rings. The molecular weight excluding hydrogens is 255 g/mol. The molecule has 1 aromatic heterocycles. The van der Waals surface area contributed by atoms with Crippen LogP contribution in [0, 0.1) is 17.1 Å². The Bertz CT molecular complexity index is 688. The van der Waals surface area contributed by atoms with Crippen molar-refractivity contribution in [3.63, 3.8) is 0 Å². The van der Waals surface area contributed by atoms with Gasteiger partial charge < -0.3 is 4.57 Å². The van der Waals surface area contributed by atoms with Gasteiger partial charge in [-0.3, -0.25) is 4.79 Å². The third kappa shape index (κ3) is 2.58. The van der Waals surface area contributed by atoms with Crippen molar-refractivity contribution in [2.75, 3.05) is 0 Å². The Hall–Kier alpha value is -2.12. The van der Waals surface area contributed by atoms with E-state index in [0.717, 1.165) is 18.3 Å². The average molecular weight is 263 g/mol. The standard InChI is InChI=1S/C13H8ClFN2O/c14-11-2-1-9(10(5-11)6-16)7-17-8-12(15)3-4-13(17)18/h1-5,8H,7H2. The van der Waals surface area contributed by atoms with E-state index in [9.17, 15) is 9.18 Å². The van der Waals surface area contributed by atoms with E-state index >= 15 is 0 Å². The monoisotopic (exact) mass is 262 g/mol. The molecule has 0 aliphatic heterocycles. The van der Waals surface area contributed by atoms with Crippen molar-refractivity contribution >= 4 is 11.6 Å². The maximum atomic E-state index is 13.1. The topological polar surface area (TPSA) is 45.8 Å². The first-order chi connectivity index (χ1) is 8.60. The van der Waals surface area contributed by atoms with E-state index in [1.807, 2.05) is 6.07 Å². The molecule has 1 heterocycles. The minimum Gasteiger partial charge on any atom is -0.308 e. The molecule has 0 spiro atoms. The maximum Gasteiger partial charge on any atom is 0.251 e. The highest BCUT2D eigenvalue weighted by Gasteiger charge is 2.05. The summed E-state index contributed by atoms with van der Waals surface area (Å²) in [5.41, 5.74) is 0.670. The first-order valence-electron chi connectivity index (χ1n) is 5.14. The van der Waals surface area contributed by atoms with Crippen LogP contribution in [0.3, 0.4) is 0 Å². The van der Waals surface area contributed by atoms with Gasteiger partial charge in [0.05, 0.1) is 18.2 Å². The molecule has 0 N–H and O–H groups in total. The number of rotatable bonds is 2. The molecule has 2 rings (SSSR count). The third-order valence-electron chi connectivity index (χ3n) is 2.48. The van der Waals surface area contributed by atoms with E-state index in [1.54, 1.807) is 12.1 Å². The van der Waals surface area contributed by atoms with E-state index in [4.69, 9.17) is 16.9 Å². The van der Waals surface area contributed by atoms with Gasteiger partial charge in [-0.15, -0.1) is 0 Å². The fourth-order valence-corrected chi connectivity index (χ4v) is 1.77. The van der Waals surface area contributed by atoms with Crippen LogP contribution in [0.2, 0.25) is 5.02 Å². The second-order valence-corrected chi connectivity index (χ2v) is 4.16. The highest BCUT2D eigenvalue weighted by molar-refractivity contribution is 6.30. The molecule has 0 aliphatic rings. The molecule has 18 heavy (non-hydrogen) atoms. The van der Waals surface area contributed by atoms with Crippen molar-refractivity contribution in [1.29, 1.82) is 5.26 Å². The number of aromatic nitrogens is 1. The largest absolute Gasteiger partial charge is 0.308 e. The minimum absolute atomic E-state index is 0.136. The molecule has 0 atom stereocenters. The lowest BCUT2D eigenvalue weighted by Crippen LogP contribution is -2.19. The molecule has 0 unspecified atom stereocenters. The summed E-state index contributed by atoms with van der Waals surface area (Å²) in [6, 6.07) is 9.04. The molecule has 0 bridgehead atoms. The van der Waals surface area contributed by atoms with Crippen molar-refractivity contribution in [3.05, 3.63) is 68.8 Å². The highest BCUT2D eigenvalue weighted by atomic mass is 35.5. The van der Waals surface area contributed by atoms with Crippen LogP contribution >= 0.6 is 11.6 Å².